The minimum atomic E-state index is -0.921. The van der Waals surface area contributed by atoms with E-state index in [9.17, 15) is 14.0 Å². The number of carbonyl (C=O) groups is 1. The van der Waals surface area contributed by atoms with Crippen molar-refractivity contribution in [2.45, 2.75) is 51.7 Å². The van der Waals surface area contributed by atoms with Gasteiger partial charge in [0.05, 0.1) is 22.8 Å². The van der Waals surface area contributed by atoms with Crippen LogP contribution in [0.15, 0.2) is 78.2 Å². The van der Waals surface area contributed by atoms with Crippen molar-refractivity contribution >= 4 is 22.5 Å². The highest BCUT2D eigenvalue weighted by molar-refractivity contribution is 6.04. The van der Waals surface area contributed by atoms with Gasteiger partial charge in [-0.3, -0.25) is 24.2 Å². The van der Waals surface area contributed by atoms with Gasteiger partial charge in [-0.2, -0.15) is 5.10 Å². The van der Waals surface area contributed by atoms with Crippen molar-refractivity contribution in [3.05, 3.63) is 95.2 Å². The summed E-state index contributed by atoms with van der Waals surface area (Å²) in [5.74, 6) is -1.09. The molecule has 0 aliphatic rings. The zero-order valence-corrected chi connectivity index (χ0v) is 24.1. The van der Waals surface area contributed by atoms with Gasteiger partial charge in [0.15, 0.2) is 11.6 Å². The minimum Gasteiger partial charge on any atom is -0.453 e. The molecular formula is C32H32F2N6O3. The summed E-state index contributed by atoms with van der Waals surface area (Å²) in [4.78, 5) is 34.9. The topological polar surface area (TPSA) is 104 Å². The number of benzene rings is 1. The molecule has 0 aliphatic heterocycles. The van der Waals surface area contributed by atoms with E-state index in [0.29, 0.717) is 41.6 Å². The third kappa shape index (κ3) is 6.77. The fourth-order valence-corrected chi connectivity index (χ4v) is 4.84. The zero-order chi connectivity index (χ0) is 30.5. The summed E-state index contributed by atoms with van der Waals surface area (Å²) in [7, 11) is 1.82. The van der Waals surface area contributed by atoms with Crippen LogP contribution in [0.3, 0.4) is 0 Å². The number of anilines is 1. The van der Waals surface area contributed by atoms with Gasteiger partial charge in [0.1, 0.15) is 17.5 Å². The Balaban J connectivity index is 1.29. The first kappa shape index (κ1) is 29.6. The molecule has 222 valence electrons. The molecule has 0 saturated heterocycles. The lowest BCUT2D eigenvalue weighted by Gasteiger charge is -2.17. The number of halogens is 2. The Labute approximate surface area is 247 Å². The van der Waals surface area contributed by atoms with Crippen LogP contribution < -0.4 is 15.6 Å². The van der Waals surface area contributed by atoms with E-state index in [0.717, 1.165) is 18.1 Å². The van der Waals surface area contributed by atoms with Gasteiger partial charge >= 0.3 is 0 Å². The van der Waals surface area contributed by atoms with E-state index in [1.807, 2.05) is 27.1 Å². The van der Waals surface area contributed by atoms with E-state index in [-0.39, 0.29) is 23.0 Å². The summed E-state index contributed by atoms with van der Waals surface area (Å²) in [6.45, 7) is 3.74. The molecule has 5 aromatic rings. The van der Waals surface area contributed by atoms with Gasteiger partial charge in [0.25, 0.3) is 11.5 Å². The average molecular weight is 587 g/mol. The summed E-state index contributed by atoms with van der Waals surface area (Å²) in [5, 5.41) is 7.34. The first-order valence-electron chi connectivity index (χ1n) is 14.1. The first-order valence-corrected chi connectivity index (χ1v) is 14.1. The van der Waals surface area contributed by atoms with Crippen molar-refractivity contribution in [2.24, 2.45) is 7.05 Å². The average Bonchev–Trinajstić information content (AvgIpc) is 3.43. The van der Waals surface area contributed by atoms with Crippen molar-refractivity contribution in [1.29, 1.82) is 0 Å². The number of amides is 1. The summed E-state index contributed by atoms with van der Waals surface area (Å²) < 4.78 is 38.1. The number of hydrogen-bond donors (Lipinski definition) is 1. The Morgan fingerprint density at radius 1 is 1.07 bits per heavy atom. The summed E-state index contributed by atoms with van der Waals surface area (Å²) in [6, 6.07) is 10.1. The highest BCUT2D eigenvalue weighted by Crippen LogP contribution is 2.32. The Morgan fingerprint density at radius 3 is 2.65 bits per heavy atom. The van der Waals surface area contributed by atoms with Crippen LogP contribution in [0, 0.1) is 5.82 Å². The monoisotopic (exact) mass is 586 g/mol. The third-order valence-electron chi connectivity index (χ3n) is 7.19. The Hall–Kier alpha value is -4.93. The van der Waals surface area contributed by atoms with Crippen molar-refractivity contribution in [3.8, 4) is 22.8 Å². The number of nitrogens with one attached hydrogen (secondary N) is 1. The molecular weight excluding hydrogens is 554 g/mol. The van der Waals surface area contributed by atoms with Crippen LogP contribution in [-0.4, -0.2) is 36.4 Å². The number of fused-ring (bicyclic) bond motifs is 1. The summed E-state index contributed by atoms with van der Waals surface area (Å²) in [6.07, 6.45) is 9.42. The van der Waals surface area contributed by atoms with Gasteiger partial charge in [-0.15, -0.1) is 0 Å². The molecule has 2 atom stereocenters. The number of rotatable bonds is 11. The van der Waals surface area contributed by atoms with Crippen LogP contribution in [-0.2, 0) is 7.05 Å². The van der Waals surface area contributed by atoms with Gasteiger partial charge in [-0.1, -0.05) is 13.3 Å². The number of carbonyl (C=O) groups excluding carboxylic acids is 1. The van der Waals surface area contributed by atoms with E-state index < -0.39 is 23.5 Å². The molecule has 0 bridgehead atoms. The number of aryl methyl sites for hydroxylation is 1. The van der Waals surface area contributed by atoms with Crippen LogP contribution in [0.5, 0.6) is 11.5 Å². The van der Waals surface area contributed by atoms with Crippen LogP contribution in [0.1, 0.15) is 55.9 Å². The van der Waals surface area contributed by atoms with E-state index in [1.165, 1.54) is 22.8 Å². The molecule has 2 unspecified atom stereocenters. The molecule has 1 N–H and O–H groups in total. The zero-order valence-electron chi connectivity index (χ0n) is 24.1. The van der Waals surface area contributed by atoms with Gasteiger partial charge < -0.3 is 14.6 Å². The smallest absolute Gasteiger partial charge is 0.263 e. The molecule has 4 heterocycles. The van der Waals surface area contributed by atoms with Crippen LogP contribution in [0.2, 0.25) is 0 Å². The number of ether oxygens (including phenoxy) is 1. The van der Waals surface area contributed by atoms with Crippen molar-refractivity contribution in [2.75, 3.05) is 5.32 Å². The molecule has 11 heteroatoms. The standard InChI is InChI=1S/C32H32F2N6O3/c1-4-6-22(33)9-8-20(2)40-14-5-7-24(32(40)42)31(41)38-23-10-11-30(26(34)15-23)43-29-12-13-35-28-16-27(36-18-25(28)29)21-17-37-39(3)19-21/h5,7,10-20,22H,4,6,8-9H2,1-3H3,(H,38,41). The normalized spacial score (nSPS) is 12.7. The molecule has 9 nitrogen and oxygen atoms in total. The molecule has 0 aliphatic carbocycles. The van der Waals surface area contributed by atoms with Crippen LogP contribution in [0.4, 0.5) is 14.5 Å². The lowest BCUT2D eigenvalue weighted by atomic mass is 10.1. The van der Waals surface area contributed by atoms with Gasteiger partial charge in [-0.25, -0.2) is 8.78 Å². The Kier molecular flexibility index (Phi) is 8.89. The summed E-state index contributed by atoms with van der Waals surface area (Å²) in [5.41, 5.74) is 1.70. The lowest BCUT2D eigenvalue weighted by Crippen LogP contribution is -2.30. The van der Waals surface area contributed by atoms with E-state index in [4.69, 9.17) is 4.74 Å². The number of alkyl halides is 1. The maximum absolute atomic E-state index is 15.1. The second-order valence-electron chi connectivity index (χ2n) is 10.4. The molecule has 0 spiro atoms. The highest BCUT2D eigenvalue weighted by atomic mass is 19.1. The molecule has 0 radical (unpaired) electrons. The molecule has 0 saturated carbocycles. The predicted molar refractivity (Wildman–Crippen MR) is 161 cm³/mol. The van der Waals surface area contributed by atoms with Crippen molar-refractivity contribution in [3.63, 3.8) is 0 Å². The van der Waals surface area contributed by atoms with E-state index >= 15 is 4.39 Å². The molecule has 0 fully saturated rings. The number of aromatic nitrogens is 5. The fraction of sp³-hybridized carbons (Fsp3) is 0.281. The van der Waals surface area contributed by atoms with Gasteiger partial charge in [0, 0.05) is 55.2 Å². The quantitative estimate of drug-likeness (QED) is 0.181. The SMILES string of the molecule is CCCC(F)CCC(C)n1cccc(C(=O)Nc2ccc(Oc3ccnc4cc(-c5cnn(C)c5)ncc34)c(F)c2)c1=O. The number of nitrogens with zero attached hydrogens (tertiary/aromatic N) is 5. The van der Waals surface area contributed by atoms with Gasteiger partial charge in [0.2, 0.25) is 0 Å². The largest absolute Gasteiger partial charge is 0.453 e. The maximum atomic E-state index is 15.1. The molecule has 5 rings (SSSR count). The predicted octanol–water partition coefficient (Wildman–Crippen LogP) is 6.86. The van der Waals surface area contributed by atoms with Crippen molar-refractivity contribution < 1.29 is 18.3 Å². The minimum absolute atomic E-state index is 0.0630. The first-order chi connectivity index (χ1) is 20.7. The molecule has 43 heavy (non-hydrogen) atoms. The molecule has 4 aromatic heterocycles. The van der Waals surface area contributed by atoms with E-state index in [1.54, 1.807) is 47.7 Å². The molecule has 1 aromatic carbocycles. The second kappa shape index (κ2) is 12.9. The van der Waals surface area contributed by atoms with Crippen LogP contribution >= 0.6 is 0 Å². The highest BCUT2D eigenvalue weighted by Gasteiger charge is 2.18. The Morgan fingerprint density at radius 2 is 1.91 bits per heavy atom. The lowest BCUT2D eigenvalue weighted by molar-refractivity contribution is 0.102. The van der Waals surface area contributed by atoms with Crippen LogP contribution in [0.25, 0.3) is 22.2 Å². The summed E-state index contributed by atoms with van der Waals surface area (Å²) >= 11 is 0. The number of pyridine rings is 3. The number of hydrogen-bond acceptors (Lipinski definition) is 6. The van der Waals surface area contributed by atoms with Gasteiger partial charge in [-0.05, 0) is 62.6 Å². The molecule has 1 amide bonds. The van der Waals surface area contributed by atoms with E-state index in [2.05, 4.69) is 20.4 Å². The second-order valence-corrected chi connectivity index (χ2v) is 10.4. The Bertz CT molecular complexity index is 1820. The maximum Gasteiger partial charge on any atom is 0.263 e. The fourth-order valence-electron chi connectivity index (χ4n) is 4.84. The van der Waals surface area contributed by atoms with Crippen molar-refractivity contribution in [1.82, 2.24) is 24.3 Å². The third-order valence-corrected chi connectivity index (χ3v) is 7.19.